The van der Waals surface area contributed by atoms with E-state index >= 15 is 0 Å². The van der Waals surface area contributed by atoms with Gasteiger partial charge in [-0.2, -0.15) is 5.10 Å². The van der Waals surface area contributed by atoms with Crippen molar-refractivity contribution in [3.05, 3.63) is 65.7 Å². The Labute approximate surface area is 116 Å². The van der Waals surface area contributed by atoms with E-state index in [9.17, 15) is 5.11 Å². The average molecular weight is 265 g/mol. The van der Waals surface area contributed by atoms with Crippen molar-refractivity contribution >= 4 is 5.52 Å². The SMILES string of the molecule is OC(c1cnn2ccccc12)C1CCc2cccnc21. The molecule has 0 saturated carbocycles. The monoisotopic (exact) mass is 265 g/mol. The number of hydrogen-bond donors (Lipinski definition) is 1. The second-order valence-electron chi connectivity index (χ2n) is 5.27. The van der Waals surface area contributed by atoms with E-state index in [1.807, 2.05) is 30.5 Å². The summed E-state index contributed by atoms with van der Waals surface area (Å²) in [5, 5.41) is 15.1. The number of nitrogens with zero attached hydrogens (tertiary/aromatic N) is 3. The van der Waals surface area contributed by atoms with Crippen molar-refractivity contribution in [2.45, 2.75) is 24.9 Å². The minimum Gasteiger partial charge on any atom is -0.388 e. The van der Waals surface area contributed by atoms with E-state index in [2.05, 4.69) is 16.1 Å². The molecular weight excluding hydrogens is 250 g/mol. The highest BCUT2D eigenvalue weighted by atomic mass is 16.3. The first-order valence-corrected chi connectivity index (χ1v) is 6.89. The van der Waals surface area contributed by atoms with E-state index in [0.717, 1.165) is 29.6 Å². The predicted octanol–water partition coefficient (Wildman–Crippen LogP) is 2.49. The molecule has 2 unspecified atom stereocenters. The fraction of sp³-hybridized carbons (Fsp3) is 0.250. The number of fused-ring (bicyclic) bond motifs is 2. The lowest BCUT2D eigenvalue weighted by atomic mass is 9.94. The van der Waals surface area contributed by atoms with E-state index < -0.39 is 6.10 Å². The summed E-state index contributed by atoms with van der Waals surface area (Å²) in [4.78, 5) is 4.46. The minimum absolute atomic E-state index is 0.0689. The Hall–Kier alpha value is -2.20. The van der Waals surface area contributed by atoms with Crippen molar-refractivity contribution in [1.29, 1.82) is 0 Å². The second-order valence-corrected chi connectivity index (χ2v) is 5.27. The first-order valence-electron chi connectivity index (χ1n) is 6.89. The molecule has 4 rings (SSSR count). The maximum absolute atomic E-state index is 10.8. The third-order valence-electron chi connectivity index (χ3n) is 4.16. The summed E-state index contributed by atoms with van der Waals surface area (Å²) in [6.45, 7) is 0. The zero-order valence-electron chi connectivity index (χ0n) is 11.0. The average Bonchev–Trinajstić information content (AvgIpc) is 3.11. The van der Waals surface area contributed by atoms with Gasteiger partial charge in [0.25, 0.3) is 0 Å². The van der Waals surface area contributed by atoms with Gasteiger partial charge in [0, 0.05) is 29.6 Å². The van der Waals surface area contributed by atoms with Crippen molar-refractivity contribution < 1.29 is 5.11 Å². The van der Waals surface area contributed by atoms with E-state index in [4.69, 9.17) is 0 Å². The molecule has 0 radical (unpaired) electrons. The largest absolute Gasteiger partial charge is 0.388 e. The highest BCUT2D eigenvalue weighted by molar-refractivity contribution is 5.55. The number of aliphatic hydroxyl groups is 1. The molecule has 20 heavy (non-hydrogen) atoms. The summed E-state index contributed by atoms with van der Waals surface area (Å²) in [7, 11) is 0. The van der Waals surface area contributed by atoms with Crippen LogP contribution in [0.3, 0.4) is 0 Å². The molecule has 1 aliphatic rings. The van der Waals surface area contributed by atoms with Gasteiger partial charge >= 0.3 is 0 Å². The summed E-state index contributed by atoms with van der Waals surface area (Å²) in [5.74, 6) is 0.0689. The highest BCUT2D eigenvalue weighted by Crippen LogP contribution is 2.41. The molecule has 0 saturated heterocycles. The van der Waals surface area contributed by atoms with Gasteiger partial charge in [0.2, 0.25) is 0 Å². The van der Waals surface area contributed by atoms with Crippen molar-refractivity contribution in [2.24, 2.45) is 0 Å². The first-order chi connectivity index (χ1) is 9.84. The molecule has 0 aliphatic heterocycles. The molecule has 100 valence electrons. The Morgan fingerprint density at radius 2 is 2.20 bits per heavy atom. The van der Waals surface area contributed by atoms with Crippen LogP contribution < -0.4 is 0 Å². The zero-order valence-corrected chi connectivity index (χ0v) is 11.0. The van der Waals surface area contributed by atoms with E-state index in [-0.39, 0.29) is 5.92 Å². The number of hydrogen-bond acceptors (Lipinski definition) is 3. The molecule has 0 spiro atoms. The van der Waals surface area contributed by atoms with E-state index in [1.54, 1.807) is 16.9 Å². The second kappa shape index (κ2) is 4.42. The smallest absolute Gasteiger partial charge is 0.0910 e. The van der Waals surface area contributed by atoms with Gasteiger partial charge in [-0.3, -0.25) is 4.98 Å². The third kappa shape index (κ3) is 1.65. The van der Waals surface area contributed by atoms with Gasteiger partial charge in [-0.15, -0.1) is 0 Å². The lowest BCUT2D eigenvalue weighted by Gasteiger charge is -2.17. The van der Waals surface area contributed by atoms with Crippen LogP contribution in [0.25, 0.3) is 5.52 Å². The third-order valence-corrected chi connectivity index (χ3v) is 4.16. The molecular formula is C16H15N3O. The van der Waals surface area contributed by atoms with Crippen LogP contribution in [0.5, 0.6) is 0 Å². The van der Waals surface area contributed by atoms with Crippen LogP contribution in [-0.4, -0.2) is 19.7 Å². The lowest BCUT2D eigenvalue weighted by Crippen LogP contribution is -2.09. The Balaban J connectivity index is 1.77. The van der Waals surface area contributed by atoms with E-state index in [1.165, 1.54) is 5.56 Å². The standard InChI is InChI=1S/C16H15N3O/c20-16(12-7-6-11-4-3-8-17-15(11)12)13-10-18-19-9-2-1-5-14(13)19/h1-5,8-10,12,16,20H,6-7H2. The van der Waals surface area contributed by atoms with Crippen LogP contribution in [-0.2, 0) is 6.42 Å². The molecule has 3 aromatic heterocycles. The van der Waals surface area contributed by atoms with Crippen LogP contribution in [0.2, 0.25) is 0 Å². The van der Waals surface area contributed by atoms with E-state index in [0.29, 0.717) is 0 Å². The molecule has 2 atom stereocenters. The van der Waals surface area contributed by atoms with Crippen molar-refractivity contribution in [1.82, 2.24) is 14.6 Å². The number of pyridine rings is 2. The summed E-state index contributed by atoms with van der Waals surface area (Å²) in [6, 6.07) is 9.95. The molecule has 1 N–H and O–H groups in total. The van der Waals surface area contributed by atoms with Crippen LogP contribution in [0.1, 0.15) is 35.3 Å². The molecule has 0 amide bonds. The van der Waals surface area contributed by atoms with Crippen molar-refractivity contribution in [2.75, 3.05) is 0 Å². The number of aryl methyl sites for hydroxylation is 1. The van der Waals surface area contributed by atoms with Gasteiger partial charge in [0.1, 0.15) is 0 Å². The molecule has 0 aromatic carbocycles. The molecule has 4 nitrogen and oxygen atoms in total. The quantitative estimate of drug-likeness (QED) is 0.774. The van der Waals surface area contributed by atoms with Crippen molar-refractivity contribution in [3.8, 4) is 0 Å². The fourth-order valence-electron chi connectivity index (χ4n) is 3.15. The summed E-state index contributed by atoms with van der Waals surface area (Å²) < 4.78 is 1.80. The van der Waals surface area contributed by atoms with Gasteiger partial charge in [-0.1, -0.05) is 12.1 Å². The molecule has 1 aliphatic carbocycles. The maximum Gasteiger partial charge on any atom is 0.0910 e. The topological polar surface area (TPSA) is 50.4 Å². The molecule has 0 fully saturated rings. The van der Waals surface area contributed by atoms with Gasteiger partial charge in [0.15, 0.2) is 0 Å². The van der Waals surface area contributed by atoms with Crippen LogP contribution >= 0.6 is 0 Å². The summed E-state index contributed by atoms with van der Waals surface area (Å²) >= 11 is 0. The van der Waals surface area contributed by atoms with Gasteiger partial charge in [-0.05, 0) is 36.6 Å². The normalized spacial score (nSPS) is 19.1. The summed E-state index contributed by atoms with van der Waals surface area (Å²) in [5.41, 5.74) is 4.14. The molecule has 4 heteroatoms. The minimum atomic E-state index is -0.550. The molecule has 0 bridgehead atoms. The van der Waals surface area contributed by atoms with Crippen molar-refractivity contribution in [3.63, 3.8) is 0 Å². The van der Waals surface area contributed by atoms with Crippen LogP contribution in [0.4, 0.5) is 0 Å². The summed E-state index contributed by atoms with van der Waals surface area (Å²) in [6.07, 6.45) is 6.85. The number of aromatic nitrogens is 3. The fourth-order valence-corrected chi connectivity index (χ4v) is 3.15. The molecule has 3 heterocycles. The Kier molecular flexibility index (Phi) is 2.57. The van der Waals surface area contributed by atoms with Gasteiger partial charge in [0.05, 0.1) is 17.8 Å². The van der Waals surface area contributed by atoms with Gasteiger partial charge in [-0.25, -0.2) is 4.52 Å². The zero-order chi connectivity index (χ0) is 13.5. The highest BCUT2D eigenvalue weighted by Gasteiger charge is 2.32. The predicted molar refractivity (Wildman–Crippen MR) is 75.5 cm³/mol. The van der Waals surface area contributed by atoms with Crippen LogP contribution in [0, 0.1) is 0 Å². The molecule has 3 aromatic rings. The van der Waals surface area contributed by atoms with Gasteiger partial charge < -0.3 is 5.11 Å². The lowest BCUT2D eigenvalue weighted by molar-refractivity contribution is 0.144. The maximum atomic E-state index is 10.8. The Morgan fingerprint density at radius 3 is 3.15 bits per heavy atom. The Morgan fingerprint density at radius 1 is 1.25 bits per heavy atom. The van der Waals surface area contributed by atoms with Crippen LogP contribution in [0.15, 0.2) is 48.9 Å². The number of aliphatic hydroxyl groups excluding tert-OH is 1. The Bertz CT molecular complexity index is 765. The first kappa shape index (κ1) is 11.6. The number of rotatable bonds is 2.